The van der Waals surface area contributed by atoms with Crippen LogP contribution in [0, 0.1) is 0 Å². The van der Waals surface area contributed by atoms with Crippen LogP contribution in [0.15, 0.2) is 11.1 Å². The highest BCUT2D eigenvalue weighted by Gasteiger charge is 2.26. The van der Waals surface area contributed by atoms with E-state index in [2.05, 4.69) is 20.6 Å². The Labute approximate surface area is 122 Å². The summed E-state index contributed by atoms with van der Waals surface area (Å²) in [6.07, 6.45) is 1.89. The van der Waals surface area contributed by atoms with E-state index in [1.807, 2.05) is 0 Å². The van der Waals surface area contributed by atoms with Gasteiger partial charge in [0.25, 0.3) is 5.56 Å². The van der Waals surface area contributed by atoms with Gasteiger partial charge in [0.1, 0.15) is 12.9 Å². The van der Waals surface area contributed by atoms with Crippen LogP contribution in [0.1, 0.15) is 6.42 Å². The minimum Gasteiger partial charge on any atom is -0.344 e. The average Bonchev–Trinajstić information content (AvgIpc) is 3.01. The molecule has 1 saturated heterocycles. The van der Waals surface area contributed by atoms with Crippen LogP contribution in [0.2, 0.25) is 0 Å². The molecule has 0 saturated carbocycles. The van der Waals surface area contributed by atoms with Gasteiger partial charge < -0.3 is 5.32 Å². The van der Waals surface area contributed by atoms with Gasteiger partial charge in [0.15, 0.2) is 11.2 Å². The van der Waals surface area contributed by atoms with Crippen molar-refractivity contribution in [2.75, 3.05) is 5.75 Å². The number of amides is 1. The Morgan fingerprint density at radius 1 is 1.52 bits per heavy atom. The summed E-state index contributed by atoms with van der Waals surface area (Å²) in [4.78, 5) is 39.5. The molecule has 9 nitrogen and oxygen atoms in total. The molecule has 1 aliphatic rings. The maximum absolute atomic E-state index is 12.1. The summed E-state index contributed by atoms with van der Waals surface area (Å²) in [7, 11) is 1.63. The smallest absolute Gasteiger partial charge is 0.283 e. The number of rotatable bonds is 3. The van der Waals surface area contributed by atoms with Gasteiger partial charge in [0.05, 0.1) is 6.04 Å². The number of aromatic nitrogens is 5. The summed E-state index contributed by atoms with van der Waals surface area (Å²) < 4.78 is 2.54. The third-order valence-corrected chi connectivity index (χ3v) is 4.17. The van der Waals surface area contributed by atoms with Crippen LogP contribution in [0.4, 0.5) is 0 Å². The van der Waals surface area contributed by atoms with E-state index in [1.54, 1.807) is 7.05 Å². The number of hydrogen-bond donors (Lipinski definition) is 1. The van der Waals surface area contributed by atoms with Crippen molar-refractivity contribution in [3.63, 3.8) is 0 Å². The molecule has 1 N–H and O–H groups in total. The fraction of sp³-hybridized carbons (Fsp3) is 0.455. The summed E-state index contributed by atoms with van der Waals surface area (Å²) in [6.45, 7) is -0.202. The van der Waals surface area contributed by atoms with Gasteiger partial charge in [-0.1, -0.05) is 17.0 Å². The molecule has 1 unspecified atom stereocenters. The Morgan fingerprint density at radius 3 is 3.05 bits per heavy atom. The molecule has 1 fully saturated rings. The second kappa shape index (κ2) is 5.28. The third-order valence-electron chi connectivity index (χ3n) is 3.16. The summed E-state index contributed by atoms with van der Waals surface area (Å²) in [6, 6.07) is -0.466. The van der Waals surface area contributed by atoms with Crippen LogP contribution in [-0.4, -0.2) is 47.4 Å². The molecule has 3 heterocycles. The molecule has 0 aliphatic carbocycles. The van der Waals surface area contributed by atoms with Gasteiger partial charge in [0, 0.05) is 12.8 Å². The molecular weight excluding hydrogens is 296 g/mol. The van der Waals surface area contributed by atoms with Crippen molar-refractivity contribution >= 4 is 33.9 Å². The van der Waals surface area contributed by atoms with Crippen LogP contribution < -0.4 is 10.9 Å². The van der Waals surface area contributed by atoms with Crippen molar-refractivity contribution in [3.8, 4) is 0 Å². The molecule has 3 rings (SSSR count). The largest absolute Gasteiger partial charge is 0.344 e. The van der Waals surface area contributed by atoms with Crippen molar-refractivity contribution in [1.82, 2.24) is 29.9 Å². The zero-order chi connectivity index (χ0) is 15.0. The summed E-state index contributed by atoms with van der Waals surface area (Å²) in [5, 5.41) is 10.0. The number of hydrogen-bond acceptors (Lipinski definition) is 7. The topological polar surface area (TPSA) is 112 Å². The van der Waals surface area contributed by atoms with Gasteiger partial charge in [-0.15, -0.1) is 5.10 Å². The minimum absolute atomic E-state index is 0.0433. The standard InChI is InChI=1S/C11H12N6O3S/c1-16-9-8(14-15-16)10(19)17(5-12-9)4-7(18)13-6-2-3-21-11(6)20/h5-6H,2-4H2,1H3,(H,13,18). The maximum Gasteiger partial charge on any atom is 0.283 e. The monoisotopic (exact) mass is 308 g/mol. The van der Waals surface area contributed by atoms with Gasteiger partial charge in [-0.2, -0.15) is 0 Å². The number of aryl methyl sites for hydroxylation is 1. The lowest BCUT2D eigenvalue weighted by atomic mass is 10.2. The average molecular weight is 308 g/mol. The quantitative estimate of drug-likeness (QED) is 0.748. The van der Waals surface area contributed by atoms with E-state index >= 15 is 0 Å². The van der Waals surface area contributed by atoms with Gasteiger partial charge in [-0.25, -0.2) is 9.67 Å². The molecular formula is C11H12N6O3S. The lowest BCUT2D eigenvalue weighted by Gasteiger charge is -2.10. The highest BCUT2D eigenvalue weighted by molar-refractivity contribution is 8.14. The Balaban J connectivity index is 1.78. The first-order valence-electron chi connectivity index (χ1n) is 6.27. The third kappa shape index (κ3) is 2.53. The number of nitrogens with one attached hydrogen (secondary N) is 1. The van der Waals surface area contributed by atoms with Crippen molar-refractivity contribution in [3.05, 3.63) is 16.7 Å². The SMILES string of the molecule is Cn1nnc2c(=O)n(CC(=O)NC3CCSC3=O)cnc21. The van der Waals surface area contributed by atoms with E-state index in [0.29, 0.717) is 17.8 Å². The van der Waals surface area contributed by atoms with Crippen LogP contribution >= 0.6 is 11.8 Å². The summed E-state index contributed by atoms with van der Waals surface area (Å²) in [5.41, 5.74) is 0.0368. The zero-order valence-corrected chi connectivity index (χ0v) is 12.0. The van der Waals surface area contributed by atoms with Gasteiger partial charge in [-0.05, 0) is 6.42 Å². The lowest BCUT2D eigenvalue weighted by Crippen LogP contribution is -2.40. The maximum atomic E-state index is 12.1. The zero-order valence-electron chi connectivity index (χ0n) is 11.1. The molecule has 21 heavy (non-hydrogen) atoms. The second-order valence-electron chi connectivity index (χ2n) is 4.64. The predicted octanol–water partition coefficient (Wildman–Crippen LogP) is -1.33. The molecule has 2 aromatic heterocycles. The van der Waals surface area contributed by atoms with Gasteiger partial charge in [0.2, 0.25) is 11.0 Å². The first-order chi connectivity index (χ1) is 10.1. The first kappa shape index (κ1) is 13.7. The van der Waals surface area contributed by atoms with Crippen LogP contribution in [0.3, 0.4) is 0 Å². The Hall–Kier alpha value is -2.23. The van der Waals surface area contributed by atoms with E-state index in [4.69, 9.17) is 0 Å². The van der Waals surface area contributed by atoms with Crippen LogP contribution in [-0.2, 0) is 23.2 Å². The Bertz CT molecular complexity index is 782. The van der Waals surface area contributed by atoms with E-state index in [-0.39, 0.29) is 17.2 Å². The normalized spacial score (nSPS) is 18.3. The molecule has 1 atom stereocenters. The minimum atomic E-state index is -0.466. The number of nitrogens with zero attached hydrogens (tertiary/aromatic N) is 5. The van der Waals surface area contributed by atoms with E-state index in [1.165, 1.54) is 22.8 Å². The molecule has 110 valence electrons. The van der Waals surface area contributed by atoms with Gasteiger partial charge >= 0.3 is 0 Å². The van der Waals surface area contributed by atoms with Crippen molar-refractivity contribution < 1.29 is 9.59 Å². The summed E-state index contributed by atoms with van der Waals surface area (Å²) >= 11 is 1.21. The Morgan fingerprint density at radius 2 is 2.33 bits per heavy atom. The molecule has 0 radical (unpaired) electrons. The Kier molecular flexibility index (Phi) is 3.45. The van der Waals surface area contributed by atoms with E-state index in [0.717, 1.165) is 4.57 Å². The van der Waals surface area contributed by atoms with Crippen molar-refractivity contribution in [1.29, 1.82) is 0 Å². The van der Waals surface area contributed by atoms with Crippen LogP contribution in [0.25, 0.3) is 11.2 Å². The lowest BCUT2D eigenvalue weighted by molar-refractivity contribution is -0.125. The van der Waals surface area contributed by atoms with Crippen LogP contribution in [0.5, 0.6) is 0 Å². The molecule has 1 amide bonds. The molecule has 0 aromatic carbocycles. The van der Waals surface area contributed by atoms with Crippen molar-refractivity contribution in [2.45, 2.75) is 19.0 Å². The number of fused-ring (bicyclic) bond motifs is 1. The first-order valence-corrected chi connectivity index (χ1v) is 7.25. The fourth-order valence-corrected chi connectivity index (χ4v) is 3.02. The second-order valence-corrected chi connectivity index (χ2v) is 5.74. The molecule has 1 aliphatic heterocycles. The van der Waals surface area contributed by atoms with E-state index < -0.39 is 17.5 Å². The number of carbonyl (C=O) groups is 2. The molecule has 0 bridgehead atoms. The van der Waals surface area contributed by atoms with Gasteiger partial charge in [-0.3, -0.25) is 19.0 Å². The molecule has 10 heteroatoms. The summed E-state index contributed by atoms with van der Waals surface area (Å²) in [5.74, 6) is 0.305. The number of carbonyl (C=O) groups excluding carboxylic acids is 2. The molecule has 0 spiro atoms. The number of thioether (sulfide) groups is 1. The van der Waals surface area contributed by atoms with E-state index in [9.17, 15) is 14.4 Å². The molecule has 2 aromatic rings. The fourth-order valence-electron chi connectivity index (χ4n) is 2.08. The highest BCUT2D eigenvalue weighted by Crippen LogP contribution is 2.19. The van der Waals surface area contributed by atoms with Crippen molar-refractivity contribution in [2.24, 2.45) is 7.05 Å². The predicted molar refractivity (Wildman–Crippen MR) is 74.6 cm³/mol. The highest BCUT2D eigenvalue weighted by atomic mass is 32.2.